The SMILES string of the molecule is CCc1ccc2c(c1)C[C@@H](CCCO)[C@H](c1ccccc1)N2. The fourth-order valence-corrected chi connectivity index (χ4v) is 3.50. The van der Waals surface area contributed by atoms with Gasteiger partial charge in [0.15, 0.2) is 0 Å². The average Bonchev–Trinajstić information content (AvgIpc) is 2.59. The van der Waals surface area contributed by atoms with Crippen molar-refractivity contribution in [3.63, 3.8) is 0 Å². The zero-order chi connectivity index (χ0) is 15.4. The first kappa shape index (κ1) is 15.1. The molecule has 0 unspecified atom stereocenters. The Hall–Kier alpha value is -1.80. The number of rotatable bonds is 5. The maximum Gasteiger partial charge on any atom is 0.0545 e. The van der Waals surface area contributed by atoms with E-state index in [1.807, 2.05) is 0 Å². The molecule has 22 heavy (non-hydrogen) atoms. The van der Waals surface area contributed by atoms with Crippen molar-refractivity contribution in [1.29, 1.82) is 0 Å². The molecule has 0 saturated carbocycles. The predicted molar refractivity (Wildman–Crippen MR) is 92.1 cm³/mol. The van der Waals surface area contributed by atoms with Crippen LogP contribution < -0.4 is 5.32 Å². The molecule has 1 aliphatic rings. The first-order valence-electron chi connectivity index (χ1n) is 8.36. The highest BCUT2D eigenvalue weighted by molar-refractivity contribution is 5.57. The number of anilines is 1. The fourth-order valence-electron chi connectivity index (χ4n) is 3.50. The van der Waals surface area contributed by atoms with Crippen molar-refractivity contribution in [2.75, 3.05) is 11.9 Å². The summed E-state index contributed by atoms with van der Waals surface area (Å²) in [5, 5.41) is 13.0. The summed E-state index contributed by atoms with van der Waals surface area (Å²) in [6.07, 6.45) is 4.10. The molecule has 3 rings (SSSR count). The van der Waals surface area contributed by atoms with Crippen LogP contribution in [-0.4, -0.2) is 11.7 Å². The first-order valence-corrected chi connectivity index (χ1v) is 8.36. The lowest BCUT2D eigenvalue weighted by atomic mass is 9.80. The molecule has 2 aromatic rings. The molecule has 0 spiro atoms. The van der Waals surface area contributed by atoms with Crippen LogP contribution in [-0.2, 0) is 12.8 Å². The number of nitrogens with one attached hydrogen (secondary N) is 1. The second kappa shape index (κ2) is 6.97. The Kier molecular flexibility index (Phi) is 4.79. The van der Waals surface area contributed by atoms with E-state index in [1.165, 1.54) is 22.4 Å². The smallest absolute Gasteiger partial charge is 0.0545 e. The Labute approximate surface area is 133 Å². The van der Waals surface area contributed by atoms with Crippen LogP contribution in [0, 0.1) is 5.92 Å². The van der Waals surface area contributed by atoms with E-state index in [1.54, 1.807) is 0 Å². The highest BCUT2D eigenvalue weighted by Gasteiger charge is 2.28. The number of hydrogen-bond acceptors (Lipinski definition) is 2. The third-order valence-corrected chi connectivity index (χ3v) is 4.73. The molecule has 2 aromatic carbocycles. The van der Waals surface area contributed by atoms with Gasteiger partial charge in [0.2, 0.25) is 0 Å². The van der Waals surface area contributed by atoms with Crippen LogP contribution in [0.2, 0.25) is 0 Å². The quantitative estimate of drug-likeness (QED) is 0.859. The van der Waals surface area contributed by atoms with Gasteiger partial charge in [0.05, 0.1) is 6.04 Å². The van der Waals surface area contributed by atoms with Crippen molar-refractivity contribution >= 4 is 5.69 Å². The van der Waals surface area contributed by atoms with Crippen LogP contribution in [0.1, 0.15) is 42.5 Å². The molecule has 0 amide bonds. The lowest BCUT2D eigenvalue weighted by Gasteiger charge is -2.35. The summed E-state index contributed by atoms with van der Waals surface area (Å²) in [6.45, 7) is 2.48. The third-order valence-electron chi connectivity index (χ3n) is 4.73. The third kappa shape index (κ3) is 3.17. The largest absolute Gasteiger partial charge is 0.396 e. The van der Waals surface area contributed by atoms with Crippen molar-refractivity contribution in [3.05, 3.63) is 65.2 Å². The Morgan fingerprint density at radius 2 is 1.95 bits per heavy atom. The van der Waals surface area contributed by atoms with Crippen LogP contribution >= 0.6 is 0 Å². The van der Waals surface area contributed by atoms with Crippen LogP contribution in [0.4, 0.5) is 5.69 Å². The number of hydrogen-bond donors (Lipinski definition) is 2. The molecule has 0 saturated heterocycles. The van der Waals surface area contributed by atoms with E-state index >= 15 is 0 Å². The van der Waals surface area contributed by atoms with Gasteiger partial charge in [0, 0.05) is 12.3 Å². The summed E-state index contributed by atoms with van der Waals surface area (Å²) >= 11 is 0. The average molecular weight is 295 g/mol. The summed E-state index contributed by atoms with van der Waals surface area (Å²) in [7, 11) is 0. The normalized spacial score (nSPS) is 20.3. The molecule has 0 aliphatic carbocycles. The maximum absolute atomic E-state index is 9.21. The van der Waals surface area contributed by atoms with E-state index in [0.717, 1.165) is 25.7 Å². The molecule has 2 atom stereocenters. The van der Waals surface area contributed by atoms with Gasteiger partial charge in [-0.1, -0.05) is 49.4 Å². The lowest BCUT2D eigenvalue weighted by Crippen LogP contribution is -2.28. The molecular weight excluding hydrogens is 270 g/mol. The minimum Gasteiger partial charge on any atom is -0.396 e. The molecule has 0 fully saturated rings. The van der Waals surface area contributed by atoms with Gasteiger partial charge < -0.3 is 10.4 Å². The fraction of sp³-hybridized carbons (Fsp3) is 0.400. The summed E-state index contributed by atoms with van der Waals surface area (Å²) < 4.78 is 0. The van der Waals surface area contributed by atoms with E-state index in [0.29, 0.717) is 12.0 Å². The monoisotopic (exact) mass is 295 g/mol. The van der Waals surface area contributed by atoms with Crippen molar-refractivity contribution in [2.24, 2.45) is 5.92 Å². The number of fused-ring (bicyclic) bond motifs is 1. The van der Waals surface area contributed by atoms with Gasteiger partial charge >= 0.3 is 0 Å². The summed E-state index contributed by atoms with van der Waals surface area (Å²) in [6, 6.07) is 17.8. The van der Waals surface area contributed by atoms with Crippen LogP contribution in [0.3, 0.4) is 0 Å². The van der Waals surface area contributed by atoms with E-state index in [9.17, 15) is 5.11 Å². The Balaban J connectivity index is 1.90. The lowest BCUT2D eigenvalue weighted by molar-refractivity contribution is 0.263. The maximum atomic E-state index is 9.21. The summed E-state index contributed by atoms with van der Waals surface area (Å²) in [4.78, 5) is 0. The molecule has 1 aliphatic heterocycles. The van der Waals surface area contributed by atoms with Crippen molar-refractivity contribution in [2.45, 2.75) is 38.6 Å². The van der Waals surface area contributed by atoms with Gasteiger partial charge in [-0.2, -0.15) is 0 Å². The van der Waals surface area contributed by atoms with Crippen LogP contribution in [0.25, 0.3) is 0 Å². The van der Waals surface area contributed by atoms with Gasteiger partial charge in [-0.3, -0.25) is 0 Å². The highest BCUT2D eigenvalue weighted by atomic mass is 16.2. The van der Waals surface area contributed by atoms with E-state index in [-0.39, 0.29) is 6.61 Å². The summed E-state index contributed by atoms with van der Waals surface area (Å²) in [5.41, 5.74) is 5.44. The number of aliphatic hydroxyl groups excluding tert-OH is 1. The van der Waals surface area contributed by atoms with Gasteiger partial charge in [-0.15, -0.1) is 0 Å². The standard InChI is InChI=1S/C20H25NO/c1-2-15-10-11-19-18(13-15)14-17(9-6-12-22)20(21-19)16-7-4-3-5-8-16/h3-5,7-8,10-11,13,17,20-22H,2,6,9,12,14H2,1H3/t17-,20+/m1/s1. The summed E-state index contributed by atoms with van der Waals surface area (Å²) in [5.74, 6) is 0.536. The van der Waals surface area contributed by atoms with Crippen molar-refractivity contribution < 1.29 is 5.11 Å². The van der Waals surface area contributed by atoms with Gasteiger partial charge in [-0.25, -0.2) is 0 Å². The molecule has 0 bridgehead atoms. The molecular formula is C20H25NO. The van der Waals surface area contributed by atoms with Crippen molar-refractivity contribution in [1.82, 2.24) is 0 Å². The van der Waals surface area contributed by atoms with Gasteiger partial charge in [0.1, 0.15) is 0 Å². The number of aliphatic hydroxyl groups is 1. The van der Waals surface area contributed by atoms with Crippen molar-refractivity contribution in [3.8, 4) is 0 Å². The molecule has 1 heterocycles. The molecule has 2 N–H and O–H groups in total. The van der Waals surface area contributed by atoms with E-state index in [4.69, 9.17) is 0 Å². The molecule has 0 aromatic heterocycles. The topological polar surface area (TPSA) is 32.3 Å². The molecule has 116 valence electrons. The Morgan fingerprint density at radius 3 is 2.68 bits per heavy atom. The predicted octanol–water partition coefficient (Wildman–Crippen LogP) is 4.35. The number of aryl methyl sites for hydroxylation is 1. The molecule has 2 nitrogen and oxygen atoms in total. The second-order valence-electron chi connectivity index (χ2n) is 6.21. The zero-order valence-corrected chi connectivity index (χ0v) is 13.3. The first-order chi connectivity index (χ1) is 10.8. The Morgan fingerprint density at radius 1 is 1.14 bits per heavy atom. The van der Waals surface area contributed by atoms with Gasteiger partial charge in [0.25, 0.3) is 0 Å². The Bertz CT molecular complexity index is 608. The second-order valence-corrected chi connectivity index (χ2v) is 6.21. The van der Waals surface area contributed by atoms with Crippen LogP contribution in [0.5, 0.6) is 0 Å². The van der Waals surface area contributed by atoms with E-state index < -0.39 is 0 Å². The van der Waals surface area contributed by atoms with Crippen LogP contribution in [0.15, 0.2) is 48.5 Å². The van der Waals surface area contributed by atoms with E-state index in [2.05, 4.69) is 60.8 Å². The van der Waals surface area contributed by atoms with Gasteiger partial charge in [-0.05, 0) is 54.4 Å². The number of benzene rings is 2. The minimum absolute atomic E-state index is 0.278. The molecule has 0 radical (unpaired) electrons. The highest BCUT2D eigenvalue weighted by Crippen LogP contribution is 2.39. The zero-order valence-electron chi connectivity index (χ0n) is 13.3. The minimum atomic E-state index is 0.278. The molecule has 2 heteroatoms.